The number of benzene rings is 2. The molecule has 2 aromatic rings. The number of nitrogens with two attached hydrogens (primary N) is 1. The van der Waals surface area contributed by atoms with E-state index in [1.165, 1.54) is 5.56 Å². The molecule has 2 aromatic carbocycles. The van der Waals surface area contributed by atoms with Crippen molar-refractivity contribution in [2.45, 2.75) is 30.8 Å². The molecule has 1 fully saturated rings. The number of hydrogen-bond acceptors (Lipinski definition) is 4. The lowest BCUT2D eigenvalue weighted by Crippen LogP contribution is -2.40. The molecular formula is C20H20N4O2. The van der Waals surface area contributed by atoms with E-state index in [4.69, 9.17) is 5.73 Å². The standard InChI is InChI=1S/C20H20N4O2/c21-19(25)18-12-17(23-24(18)14-9-5-2-6-10-14)20(26)22-16-11-15(16)13-7-3-1-4-8-13/h1-10,15-16,18H,11-12H2,(H2,21,25)(H,22,26). The van der Waals surface area contributed by atoms with E-state index < -0.39 is 11.9 Å². The topological polar surface area (TPSA) is 87.8 Å². The molecule has 1 saturated carbocycles. The monoisotopic (exact) mass is 348 g/mol. The van der Waals surface area contributed by atoms with Crippen molar-refractivity contribution in [2.24, 2.45) is 10.8 Å². The van der Waals surface area contributed by atoms with Gasteiger partial charge in [0, 0.05) is 18.4 Å². The zero-order chi connectivity index (χ0) is 18.1. The van der Waals surface area contributed by atoms with Crippen LogP contribution in [-0.4, -0.2) is 29.6 Å². The molecule has 0 radical (unpaired) electrons. The smallest absolute Gasteiger partial charge is 0.267 e. The molecular weight excluding hydrogens is 328 g/mol. The van der Waals surface area contributed by atoms with Crippen LogP contribution in [0, 0.1) is 0 Å². The summed E-state index contributed by atoms with van der Waals surface area (Å²) in [5.74, 6) is -0.369. The molecule has 0 aromatic heterocycles. The van der Waals surface area contributed by atoms with Gasteiger partial charge in [-0.1, -0.05) is 48.5 Å². The van der Waals surface area contributed by atoms with Gasteiger partial charge in [0.2, 0.25) is 5.91 Å². The number of nitrogens with one attached hydrogen (secondary N) is 1. The number of hydrogen-bond donors (Lipinski definition) is 2. The van der Waals surface area contributed by atoms with Crippen molar-refractivity contribution in [1.82, 2.24) is 5.32 Å². The van der Waals surface area contributed by atoms with E-state index in [-0.39, 0.29) is 18.4 Å². The molecule has 26 heavy (non-hydrogen) atoms. The third-order valence-electron chi connectivity index (χ3n) is 4.86. The van der Waals surface area contributed by atoms with Crippen LogP contribution >= 0.6 is 0 Å². The van der Waals surface area contributed by atoms with Crippen LogP contribution in [0.4, 0.5) is 5.69 Å². The second-order valence-corrected chi connectivity index (χ2v) is 6.68. The van der Waals surface area contributed by atoms with Gasteiger partial charge in [0.15, 0.2) is 0 Å². The van der Waals surface area contributed by atoms with E-state index in [0.29, 0.717) is 11.6 Å². The molecule has 1 aliphatic carbocycles. The Balaban J connectivity index is 1.46. The minimum Gasteiger partial charge on any atom is -0.368 e. The maximum absolute atomic E-state index is 12.6. The van der Waals surface area contributed by atoms with Gasteiger partial charge in [-0.05, 0) is 24.1 Å². The third-order valence-corrected chi connectivity index (χ3v) is 4.86. The summed E-state index contributed by atoms with van der Waals surface area (Å²) in [5.41, 5.74) is 7.83. The molecule has 132 valence electrons. The lowest BCUT2D eigenvalue weighted by molar-refractivity contribution is -0.119. The number of rotatable bonds is 5. The van der Waals surface area contributed by atoms with Crippen LogP contribution in [0.1, 0.15) is 24.3 Å². The highest BCUT2D eigenvalue weighted by atomic mass is 16.2. The number of carbonyl (C=O) groups is 2. The highest BCUT2D eigenvalue weighted by Crippen LogP contribution is 2.40. The van der Waals surface area contributed by atoms with Gasteiger partial charge in [-0.2, -0.15) is 5.10 Å². The molecule has 2 aliphatic rings. The minimum atomic E-state index is -0.637. The molecule has 0 bridgehead atoms. The normalized spacial score (nSPS) is 24.1. The first-order chi connectivity index (χ1) is 12.6. The fourth-order valence-corrected chi connectivity index (χ4v) is 3.36. The van der Waals surface area contributed by atoms with Gasteiger partial charge < -0.3 is 11.1 Å². The van der Waals surface area contributed by atoms with E-state index in [2.05, 4.69) is 22.6 Å². The van der Waals surface area contributed by atoms with Crippen molar-refractivity contribution in [1.29, 1.82) is 0 Å². The summed E-state index contributed by atoms with van der Waals surface area (Å²) in [6, 6.07) is 18.9. The number of hydrazone groups is 1. The predicted molar refractivity (Wildman–Crippen MR) is 99.7 cm³/mol. The lowest BCUT2D eigenvalue weighted by atomic mass is 10.1. The van der Waals surface area contributed by atoms with Crippen molar-refractivity contribution in [3.63, 3.8) is 0 Å². The zero-order valence-electron chi connectivity index (χ0n) is 14.2. The largest absolute Gasteiger partial charge is 0.368 e. The van der Waals surface area contributed by atoms with Crippen molar-refractivity contribution in [3.8, 4) is 0 Å². The maximum atomic E-state index is 12.6. The molecule has 3 atom stereocenters. The van der Waals surface area contributed by atoms with E-state index in [1.807, 2.05) is 48.5 Å². The quantitative estimate of drug-likeness (QED) is 0.863. The minimum absolute atomic E-state index is 0.116. The molecule has 0 spiro atoms. The number of primary amides is 1. The van der Waals surface area contributed by atoms with E-state index in [1.54, 1.807) is 5.01 Å². The van der Waals surface area contributed by atoms with E-state index in [9.17, 15) is 9.59 Å². The van der Waals surface area contributed by atoms with Crippen LogP contribution in [0.2, 0.25) is 0 Å². The molecule has 6 heteroatoms. The number of para-hydroxylation sites is 1. The Morgan fingerprint density at radius 1 is 1.04 bits per heavy atom. The van der Waals surface area contributed by atoms with E-state index >= 15 is 0 Å². The number of carbonyl (C=O) groups excluding carboxylic acids is 2. The van der Waals surface area contributed by atoms with Crippen LogP contribution < -0.4 is 16.1 Å². The summed E-state index contributed by atoms with van der Waals surface area (Å²) >= 11 is 0. The Bertz CT molecular complexity index is 851. The molecule has 6 nitrogen and oxygen atoms in total. The molecule has 1 heterocycles. The molecule has 2 amide bonds. The lowest BCUT2D eigenvalue weighted by Gasteiger charge is -2.20. The van der Waals surface area contributed by atoms with Crippen molar-refractivity contribution < 1.29 is 9.59 Å². The molecule has 4 rings (SSSR count). The fourth-order valence-electron chi connectivity index (χ4n) is 3.36. The van der Waals surface area contributed by atoms with Crippen LogP contribution in [0.25, 0.3) is 0 Å². The Labute approximate surface area is 151 Å². The highest BCUT2D eigenvalue weighted by Gasteiger charge is 2.42. The molecule has 3 N–H and O–H groups in total. The summed E-state index contributed by atoms with van der Waals surface area (Å²) in [4.78, 5) is 24.4. The van der Waals surface area contributed by atoms with Crippen molar-refractivity contribution >= 4 is 23.2 Å². The average molecular weight is 348 g/mol. The van der Waals surface area contributed by atoms with Crippen LogP contribution in [-0.2, 0) is 9.59 Å². The first-order valence-corrected chi connectivity index (χ1v) is 8.70. The van der Waals surface area contributed by atoms with Crippen molar-refractivity contribution in [3.05, 3.63) is 66.2 Å². The van der Waals surface area contributed by atoms with Crippen molar-refractivity contribution in [2.75, 3.05) is 5.01 Å². The Morgan fingerprint density at radius 3 is 2.35 bits per heavy atom. The highest BCUT2D eigenvalue weighted by molar-refractivity contribution is 6.40. The number of amides is 2. The summed E-state index contributed by atoms with van der Waals surface area (Å²) < 4.78 is 0. The Kier molecular flexibility index (Phi) is 4.16. The SMILES string of the molecule is NC(=O)C1CC(C(=O)NC2CC2c2ccccc2)=NN1c1ccccc1. The van der Waals surface area contributed by atoms with Gasteiger partial charge in [-0.3, -0.25) is 14.6 Å². The first-order valence-electron chi connectivity index (χ1n) is 8.70. The summed E-state index contributed by atoms with van der Waals surface area (Å²) in [5, 5.41) is 8.94. The van der Waals surface area contributed by atoms with Gasteiger partial charge in [0.05, 0.1) is 5.69 Å². The first kappa shape index (κ1) is 16.3. The van der Waals surface area contributed by atoms with E-state index in [0.717, 1.165) is 12.1 Å². The maximum Gasteiger partial charge on any atom is 0.267 e. The zero-order valence-corrected chi connectivity index (χ0v) is 14.2. The van der Waals surface area contributed by atoms with Crippen LogP contribution in [0.15, 0.2) is 65.8 Å². The van der Waals surface area contributed by atoms with Crippen LogP contribution in [0.3, 0.4) is 0 Å². The van der Waals surface area contributed by atoms with Gasteiger partial charge in [0.25, 0.3) is 5.91 Å². The second kappa shape index (κ2) is 6.63. The molecule has 0 saturated heterocycles. The van der Waals surface area contributed by atoms with Gasteiger partial charge in [-0.25, -0.2) is 0 Å². The Hall–Kier alpha value is -3.15. The average Bonchev–Trinajstić information content (AvgIpc) is 3.28. The molecule has 3 unspecified atom stereocenters. The van der Waals surface area contributed by atoms with Crippen LogP contribution in [0.5, 0.6) is 0 Å². The van der Waals surface area contributed by atoms with Gasteiger partial charge in [-0.15, -0.1) is 0 Å². The summed E-state index contributed by atoms with van der Waals surface area (Å²) in [7, 11) is 0. The third kappa shape index (κ3) is 3.18. The fraction of sp³-hybridized carbons (Fsp3) is 0.250. The summed E-state index contributed by atoms with van der Waals surface area (Å²) in [6.45, 7) is 0. The van der Waals surface area contributed by atoms with Gasteiger partial charge in [0.1, 0.15) is 11.8 Å². The summed E-state index contributed by atoms with van der Waals surface area (Å²) in [6.07, 6.45) is 1.14. The number of nitrogens with zero attached hydrogens (tertiary/aromatic N) is 2. The second-order valence-electron chi connectivity index (χ2n) is 6.68. The molecule has 1 aliphatic heterocycles. The number of anilines is 1. The van der Waals surface area contributed by atoms with Gasteiger partial charge >= 0.3 is 0 Å². The predicted octanol–water partition coefficient (Wildman–Crippen LogP) is 1.78. The Morgan fingerprint density at radius 2 is 1.69 bits per heavy atom.